The van der Waals surface area contributed by atoms with Crippen LogP contribution in [0.5, 0.6) is 17.2 Å². The van der Waals surface area contributed by atoms with Crippen LogP contribution in [0.15, 0.2) is 12.1 Å². The van der Waals surface area contributed by atoms with E-state index in [2.05, 4.69) is 5.32 Å². The Morgan fingerprint density at radius 2 is 1.67 bits per heavy atom. The van der Waals surface area contributed by atoms with Crippen LogP contribution < -0.4 is 19.5 Å². The first-order chi connectivity index (χ1) is 10.1. The Bertz CT molecular complexity index is 404. The van der Waals surface area contributed by atoms with Gasteiger partial charge in [-0.05, 0) is 17.7 Å². The van der Waals surface area contributed by atoms with Crippen molar-refractivity contribution >= 4 is 0 Å². The van der Waals surface area contributed by atoms with Crippen molar-refractivity contribution in [2.24, 2.45) is 0 Å². The molecule has 0 amide bonds. The van der Waals surface area contributed by atoms with E-state index in [1.165, 1.54) is 0 Å². The van der Waals surface area contributed by atoms with Crippen molar-refractivity contribution in [2.75, 3.05) is 41.1 Å². The van der Waals surface area contributed by atoms with Gasteiger partial charge in [-0.15, -0.1) is 0 Å². The number of halogens is 2. The molecule has 0 aliphatic heterocycles. The molecule has 5 nitrogen and oxygen atoms in total. The highest BCUT2D eigenvalue weighted by molar-refractivity contribution is 5.53. The zero-order valence-electron chi connectivity index (χ0n) is 12.4. The van der Waals surface area contributed by atoms with E-state index in [1.807, 2.05) is 12.1 Å². The summed E-state index contributed by atoms with van der Waals surface area (Å²) in [6.07, 6.45) is -2.43. The Labute approximate surface area is 123 Å². The molecule has 21 heavy (non-hydrogen) atoms. The van der Waals surface area contributed by atoms with Crippen molar-refractivity contribution in [1.29, 1.82) is 0 Å². The van der Waals surface area contributed by atoms with Gasteiger partial charge in [0.25, 0.3) is 6.43 Å². The van der Waals surface area contributed by atoms with E-state index in [0.29, 0.717) is 30.3 Å². The van der Waals surface area contributed by atoms with Crippen LogP contribution in [0.25, 0.3) is 0 Å². The Balaban J connectivity index is 2.51. The molecule has 0 aliphatic rings. The molecule has 1 aromatic rings. The fraction of sp³-hybridized carbons (Fsp3) is 0.571. The summed E-state index contributed by atoms with van der Waals surface area (Å²) in [5.74, 6) is 1.68. The van der Waals surface area contributed by atoms with E-state index in [4.69, 9.17) is 18.9 Å². The van der Waals surface area contributed by atoms with Gasteiger partial charge in [-0.3, -0.25) is 0 Å². The minimum Gasteiger partial charge on any atom is -0.493 e. The van der Waals surface area contributed by atoms with E-state index in [-0.39, 0.29) is 6.61 Å². The highest BCUT2D eigenvalue weighted by Crippen LogP contribution is 2.38. The molecule has 1 N–H and O–H groups in total. The van der Waals surface area contributed by atoms with E-state index >= 15 is 0 Å². The SMILES string of the molecule is COc1cc(CNCCOCC(F)F)cc(OC)c1OC. The monoisotopic (exact) mass is 305 g/mol. The fourth-order valence-corrected chi connectivity index (χ4v) is 1.79. The molecule has 0 spiro atoms. The van der Waals surface area contributed by atoms with Gasteiger partial charge in [-0.25, -0.2) is 8.78 Å². The number of methoxy groups -OCH3 is 3. The molecule has 0 saturated carbocycles. The quantitative estimate of drug-likeness (QED) is 0.671. The number of ether oxygens (including phenoxy) is 4. The molecule has 0 radical (unpaired) electrons. The topological polar surface area (TPSA) is 49.0 Å². The Morgan fingerprint density at radius 1 is 1.05 bits per heavy atom. The molecular formula is C14H21F2NO4. The molecule has 1 aromatic carbocycles. The largest absolute Gasteiger partial charge is 0.493 e. The lowest BCUT2D eigenvalue weighted by atomic mass is 10.2. The highest BCUT2D eigenvalue weighted by Gasteiger charge is 2.12. The molecule has 0 atom stereocenters. The van der Waals surface area contributed by atoms with Gasteiger partial charge < -0.3 is 24.3 Å². The summed E-state index contributed by atoms with van der Waals surface area (Å²) in [6, 6.07) is 3.66. The molecule has 0 aromatic heterocycles. The van der Waals surface area contributed by atoms with Gasteiger partial charge in [0.2, 0.25) is 5.75 Å². The smallest absolute Gasteiger partial charge is 0.261 e. The first-order valence-corrected chi connectivity index (χ1v) is 6.47. The summed E-state index contributed by atoms with van der Waals surface area (Å²) in [5.41, 5.74) is 0.929. The lowest BCUT2D eigenvalue weighted by Gasteiger charge is -2.14. The van der Waals surface area contributed by atoms with Crippen molar-refractivity contribution in [3.8, 4) is 17.2 Å². The molecule has 7 heteroatoms. The van der Waals surface area contributed by atoms with Gasteiger partial charge >= 0.3 is 0 Å². The van der Waals surface area contributed by atoms with Crippen molar-refractivity contribution in [3.05, 3.63) is 17.7 Å². The zero-order valence-corrected chi connectivity index (χ0v) is 12.4. The third-order valence-electron chi connectivity index (χ3n) is 2.72. The third kappa shape index (κ3) is 5.73. The predicted molar refractivity (Wildman–Crippen MR) is 74.6 cm³/mol. The lowest BCUT2D eigenvalue weighted by Crippen LogP contribution is -2.20. The summed E-state index contributed by atoms with van der Waals surface area (Å²) >= 11 is 0. The van der Waals surface area contributed by atoms with Gasteiger partial charge in [0.1, 0.15) is 6.61 Å². The maximum atomic E-state index is 11.9. The first-order valence-electron chi connectivity index (χ1n) is 6.47. The average molecular weight is 305 g/mol. The van der Waals surface area contributed by atoms with Gasteiger partial charge in [0, 0.05) is 13.1 Å². The standard InChI is InChI=1S/C14H21F2NO4/c1-18-11-6-10(7-12(19-2)14(11)20-3)8-17-4-5-21-9-13(15)16/h6-7,13,17H,4-5,8-9H2,1-3H3. The van der Waals surface area contributed by atoms with Crippen molar-refractivity contribution in [3.63, 3.8) is 0 Å². The van der Waals surface area contributed by atoms with Crippen molar-refractivity contribution in [2.45, 2.75) is 13.0 Å². The van der Waals surface area contributed by atoms with E-state index in [0.717, 1.165) is 5.56 Å². The summed E-state index contributed by atoms with van der Waals surface area (Å²) < 4.78 is 44.2. The van der Waals surface area contributed by atoms with Gasteiger partial charge in [0.15, 0.2) is 11.5 Å². The number of nitrogens with one attached hydrogen (secondary N) is 1. The Hall–Kier alpha value is -1.60. The molecule has 120 valence electrons. The third-order valence-corrected chi connectivity index (χ3v) is 2.72. The van der Waals surface area contributed by atoms with E-state index in [1.54, 1.807) is 21.3 Å². The molecule has 0 bridgehead atoms. The van der Waals surface area contributed by atoms with Crippen LogP contribution in [0, 0.1) is 0 Å². The number of alkyl halides is 2. The molecular weight excluding hydrogens is 284 g/mol. The number of benzene rings is 1. The van der Waals surface area contributed by atoms with Gasteiger partial charge in [0.05, 0.1) is 27.9 Å². The normalized spacial score (nSPS) is 10.8. The number of rotatable bonds is 10. The Kier molecular flexibility index (Phi) is 7.78. The second-order valence-electron chi connectivity index (χ2n) is 4.18. The molecule has 0 heterocycles. The van der Waals surface area contributed by atoms with Crippen LogP contribution in [0.3, 0.4) is 0 Å². The van der Waals surface area contributed by atoms with Crippen LogP contribution in [0.4, 0.5) is 8.78 Å². The van der Waals surface area contributed by atoms with E-state index < -0.39 is 13.0 Å². The summed E-state index contributed by atoms with van der Waals surface area (Å²) in [4.78, 5) is 0. The summed E-state index contributed by atoms with van der Waals surface area (Å²) in [6.45, 7) is 0.707. The van der Waals surface area contributed by atoms with Crippen molar-refractivity contribution < 1.29 is 27.7 Å². The van der Waals surface area contributed by atoms with E-state index in [9.17, 15) is 8.78 Å². The minimum atomic E-state index is -2.43. The van der Waals surface area contributed by atoms with Crippen LogP contribution in [0.2, 0.25) is 0 Å². The summed E-state index contributed by atoms with van der Waals surface area (Å²) in [7, 11) is 4.64. The maximum Gasteiger partial charge on any atom is 0.261 e. The molecule has 0 aliphatic carbocycles. The van der Waals surface area contributed by atoms with Gasteiger partial charge in [-0.2, -0.15) is 0 Å². The summed E-state index contributed by atoms with van der Waals surface area (Å²) in [5, 5.41) is 3.09. The maximum absolute atomic E-state index is 11.9. The highest BCUT2D eigenvalue weighted by atomic mass is 19.3. The second-order valence-corrected chi connectivity index (χ2v) is 4.18. The van der Waals surface area contributed by atoms with Crippen LogP contribution in [-0.2, 0) is 11.3 Å². The molecule has 1 rings (SSSR count). The van der Waals surface area contributed by atoms with Crippen molar-refractivity contribution in [1.82, 2.24) is 5.32 Å². The molecule has 0 saturated heterocycles. The van der Waals surface area contributed by atoms with Crippen LogP contribution >= 0.6 is 0 Å². The second kappa shape index (κ2) is 9.36. The number of hydrogen-bond donors (Lipinski definition) is 1. The zero-order chi connectivity index (χ0) is 15.7. The minimum absolute atomic E-state index is 0.231. The molecule has 0 fully saturated rings. The molecule has 0 unspecified atom stereocenters. The predicted octanol–water partition coefficient (Wildman–Crippen LogP) is 2.08. The first kappa shape index (κ1) is 17.5. The van der Waals surface area contributed by atoms with Crippen LogP contribution in [0.1, 0.15) is 5.56 Å². The number of hydrogen-bond acceptors (Lipinski definition) is 5. The average Bonchev–Trinajstić information content (AvgIpc) is 2.49. The fourth-order valence-electron chi connectivity index (χ4n) is 1.79. The lowest BCUT2D eigenvalue weighted by molar-refractivity contribution is 0.0187. The Morgan fingerprint density at radius 3 is 2.14 bits per heavy atom. The van der Waals surface area contributed by atoms with Gasteiger partial charge in [-0.1, -0.05) is 0 Å². The van der Waals surface area contributed by atoms with Crippen LogP contribution in [-0.4, -0.2) is 47.5 Å².